The average molecular weight is 1110 g/mol. The highest BCUT2D eigenvalue weighted by Crippen LogP contribution is 2.35. The summed E-state index contributed by atoms with van der Waals surface area (Å²) < 4.78 is 35.6. The minimum atomic E-state index is -1.98. The molecule has 31 nitrogen and oxygen atoms in total. The molecule has 8 amide bonds. The molecule has 22 atom stereocenters. The van der Waals surface area contributed by atoms with E-state index < -0.39 is 208 Å². The van der Waals surface area contributed by atoms with Gasteiger partial charge in [0.2, 0.25) is 47.3 Å². The zero-order valence-electron chi connectivity index (χ0n) is 43.5. The van der Waals surface area contributed by atoms with Crippen LogP contribution in [0.4, 0.5) is 0 Å². The Morgan fingerprint density at radius 2 is 1.23 bits per heavy atom. The normalized spacial score (nSPS) is 35.4. The fourth-order valence-electron chi connectivity index (χ4n) is 9.85. The van der Waals surface area contributed by atoms with Crippen molar-refractivity contribution in [3.05, 3.63) is 0 Å². The number of carbonyl (C=O) groups excluding carboxylic acids is 8. The molecule has 0 saturated carbocycles. The Morgan fingerprint density at radius 3 is 1.82 bits per heavy atom. The van der Waals surface area contributed by atoms with Gasteiger partial charge in [0.1, 0.15) is 97.2 Å². The summed E-state index contributed by atoms with van der Waals surface area (Å²) in [7, 11) is 0. The van der Waals surface area contributed by atoms with Crippen molar-refractivity contribution in [2.75, 3.05) is 39.5 Å². The number of amides is 8. The lowest BCUT2D eigenvalue weighted by atomic mass is 9.91. The maximum absolute atomic E-state index is 14.5. The predicted molar refractivity (Wildman–Crippen MR) is 255 cm³/mol. The summed E-state index contributed by atoms with van der Waals surface area (Å²) in [4.78, 5) is 108. The Hall–Kier alpha value is -4.84. The van der Waals surface area contributed by atoms with E-state index in [4.69, 9.17) is 34.2 Å². The van der Waals surface area contributed by atoms with Crippen molar-refractivity contribution >= 4 is 47.3 Å². The van der Waals surface area contributed by atoms with Gasteiger partial charge in [0.05, 0.1) is 38.6 Å². The quantitative estimate of drug-likeness (QED) is 0.0479. The fourth-order valence-corrected chi connectivity index (χ4v) is 9.85. The van der Waals surface area contributed by atoms with Gasteiger partial charge in [0, 0.05) is 32.9 Å². The Labute approximate surface area is 442 Å². The lowest BCUT2D eigenvalue weighted by Gasteiger charge is -2.48. The molecule has 5 aliphatic heterocycles. The van der Waals surface area contributed by atoms with Crippen molar-refractivity contribution in [2.45, 2.75) is 196 Å². The number of aliphatic hydroxyl groups excluding tert-OH is 9. The van der Waals surface area contributed by atoms with Crippen LogP contribution in [0.2, 0.25) is 0 Å². The number of nitrogens with one attached hydrogen (secondary N) is 5. The Morgan fingerprint density at radius 1 is 0.649 bits per heavy atom. The molecule has 5 aliphatic rings. The van der Waals surface area contributed by atoms with Crippen LogP contribution in [0.5, 0.6) is 0 Å². The second-order valence-corrected chi connectivity index (χ2v) is 20.0. The number of nitrogens with zero attached hydrogens (tertiary/aromatic N) is 2. The van der Waals surface area contributed by atoms with E-state index in [1.165, 1.54) is 37.5 Å². The van der Waals surface area contributed by atoms with Gasteiger partial charge >= 0.3 is 0 Å². The second-order valence-electron chi connectivity index (χ2n) is 20.0. The Bertz CT molecular complexity index is 2080. The monoisotopic (exact) mass is 1110 g/mol. The molecule has 77 heavy (non-hydrogen) atoms. The maximum Gasteiger partial charge on any atom is 0.246 e. The molecule has 0 bridgehead atoms. The SMILES string of the molecule is CC(=O)NC(CO)C(=O)NC(C(=O)NC(C)C(=O)N1CCCC1C(=O)N1CCCC1C(=O)NC(C)C(N)=O)C(C)O[C@H]1OC(CO[C@@H]2OC(CO)[C@@H](O)[C@H](O)C2NC(C)=O)[C@H](O)[C@H](O[C@@H]2OC(CO)[C@H](O)[C@H](O)C2O)C1C. The molecule has 438 valence electrons. The minimum absolute atomic E-state index is 0.0821. The molecule has 0 radical (unpaired) electrons. The van der Waals surface area contributed by atoms with Crippen molar-refractivity contribution in [1.29, 1.82) is 0 Å². The molecular weight excluding hydrogens is 1030 g/mol. The van der Waals surface area contributed by atoms with Gasteiger partial charge in [-0.25, -0.2) is 0 Å². The highest BCUT2D eigenvalue weighted by atomic mass is 16.7. The lowest BCUT2D eigenvalue weighted by Crippen LogP contribution is -2.66. The molecule has 0 aromatic carbocycles. The van der Waals surface area contributed by atoms with Crippen LogP contribution in [0, 0.1) is 5.92 Å². The molecule has 0 aromatic heterocycles. The number of hydrogen-bond acceptors (Lipinski definition) is 23. The third-order valence-corrected chi connectivity index (χ3v) is 14.2. The molecule has 5 saturated heterocycles. The van der Waals surface area contributed by atoms with Crippen molar-refractivity contribution < 1.29 is 113 Å². The minimum Gasteiger partial charge on any atom is -0.394 e. The van der Waals surface area contributed by atoms with E-state index in [0.717, 1.165) is 13.8 Å². The van der Waals surface area contributed by atoms with Crippen molar-refractivity contribution in [3.63, 3.8) is 0 Å². The van der Waals surface area contributed by atoms with Crippen LogP contribution < -0.4 is 32.3 Å². The molecule has 31 heteroatoms. The van der Waals surface area contributed by atoms with Crippen LogP contribution in [0.3, 0.4) is 0 Å². The van der Waals surface area contributed by atoms with E-state index in [2.05, 4.69) is 26.6 Å². The van der Waals surface area contributed by atoms with E-state index in [1.807, 2.05) is 0 Å². The number of aliphatic hydroxyl groups is 9. The standard InChI is InChI=1S/C46H76N8O23/c1-17-37(77-46-36(65)35(64)32(61)27(15-57)75-46)33(62)28(16-72-45-30(51-22(6)59)34(63)31(60)26(14-56)74-45)76-44(17)73-20(4)29(52-39(67)23(13-55)50-21(5)58)41(69)49-19(3)42(70)54-12-8-10-25(54)43(71)53-11-7-9-24(53)40(68)48-18(2)38(47)66/h17-20,23-37,44-46,55-57,60-65H,7-16H2,1-6H3,(H2,47,66)(H,48,68)(H,49,69)(H,50,58)(H,51,59)(H,52,67)/t17?,18?,19?,20?,23?,24?,25?,26?,27?,28?,29?,30?,31-,32+,33+,34-,35+,36?,37-,44+,45-,46+/m1/s1. The lowest BCUT2D eigenvalue weighted by molar-refractivity contribution is -0.359. The molecule has 5 rings (SSSR count). The van der Waals surface area contributed by atoms with Gasteiger partial charge in [-0.15, -0.1) is 0 Å². The first-order valence-electron chi connectivity index (χ1n) is 25.4. The topological polar surface area (TPSA) is 467 Å². The summed E-state index contributed by atoms with van der Waals surface area (Å²) in [6.45, 7) is 4.49. The molecular formula is C46H76N8O23. The van der Waals surface area contributed by atoms with Gasteiger partial charge in [-0.3, -0.25) is 38.4 Å². The zero-order valence-corrected chi connectivity index (χ0v) is 43.5. The van der Waals surface area contributed by atoms with Gasteiger partial charge in [0.25, 0.3) is 0 Å². The first-order valence-corrected chi connectivity index (χ1v) is 25.4. The van der Waals surface area contributed by atoms with Crippen LogP contribution >= 0.6 is 0 Å². The van der Waals surface area contributed by atoms with Crippen LogP contribution in [-0.2, 0) is 66.8 Å². The first-order chi connectivity index (χ1) is 36.3. The van der Waals surface area contributed by atoms with Crippen LogP contribution in [-0.4, -0.2) is 271 Å². The van der Waals surface area contributed by atoms with Crippen molar-refractivity contribution in [1.82, 2.24) is 36.4 Å². The number of likely N-dealkylation sites (tertiary alicyclic amines) is 2. The summed E-state index contributed by atoms with van der Waals surface area (Å²) in [5.41, 5.74) is 5.31. The summed E-state index contributed by atoms with van der Waals surface area (Å²) in [5, 5.41) is 107. The Kier molecular flexibility index (Phi) is 22.8. The van der Waals surface area contributed by atoms with E-state index in [0.29, 0.717) is 12.8 Å². The molecule has 13 unspecified atom stereocenters. The largest absolute Gasteiger partial charge is 0.394 e. The molecule has 0 aromatic rings. The molecule has 0 spiro atoms. The number of rotatable bonds is 22. The predicted octanol–water partition coefficient (Wildman–Crippen LogP) is -9.28. The van der Waals surface area contributed by atoms with E-state index >= 15 is 0 Å². The molecule has 0 aliphatic carbocycles. The van der Waals surface area contributed by atoms with E-state index in [9.17, 15) is 84.3 Å². The number of carbonyl (C=O) groups is 8. The van der Waals surface area contributed by atoms with Gasteiger partial charge < -0.3 is 116 Å². The Balaban J connectivity index is 1.41. The molecule has 5 heterocycles. The average Bonchev–Trinajstić information content (AvgIpc) is 4.09. The zero-order chi connectivity index (χ0) is 57.3. The van der Waals surface area contributed by atoms with E-state index in [1.54, 1.807) is 0 Å². The van der Waals surface area contributed by atoms with Crippen LogP contribution in [0.25, 0.3) is 0 Å². The highest BCUT2D eigenvalue weighted by Gasteiger charge is 2.53. The highest BCUT2D eigenvalue weighted by molar-refractivity contribution is 5.97. The molecule has 16 N–H and O–H groups in total. The van der Waals surface area contributed by atoms with Crippen LogP contribution in [0.1, 0.15) is 67.2 Å². The summed E-state index contributed by atoms with van der Waals surface area (Å²) in [5.74, 6) is -7.45. The smallest absolute Gasteiger partial charge is 0.246 e. The maximum atomic E-state index is 14.5. The second kappa shape index (κ2) is 27.8. The van der Waals surface area contributed by atoms with Gasteiger partial charge in [-0.1, -0.05) is 6.92 Å². The third kappa shape index (κ3) is 15.1. The molecule has 5 fully saturated rings. The third-order valence-electron chi connectivity index (χ3n) is 14.2. The van der Waals surface area contributed by atoms with Crippen molar-refractivity contribution in [2.24, 2.45) is 11.7 Å². The van der Waals surface area contributed by atoms with Gasteiger partial charge in [-0.05, 0) is 46.5 Å². The van der Waals surface area contributed by atoms with E-state index in [-0.39, 0.29) is 25.9 Å². The number of ether oxygens (including phenoxy) is 6. The van der Waals surface area contributed by atoms with Crippen LogP contribution in [0.15, 0.2) is 0 Å². The summed E-state index contributed by atoms with van der Waals surface area (Å²) >= 11 is 0. The summed E-state index contributed by atoms with van der Waals surface area (Å²) in [6, 6.07) is -9.32. The van der Waals surface area contributed by atoms with Gasteiger partial charge in [-0.2, -0.15) is 0 Å². The number of nitrogens with two attached hydrogens (primary N) is 1. The van der Waals surface area contributed by atoms with Crippen molar-refractivity contribution in [3.8, 4) is 0 Å². The van der Waals surface area contributed by atoms with Gasteiger partial charge in [0.15, 0.2) is 18.9 Å². The number of hydrogen-bond donors (Lipinski definition) is 15. The number of primary amides is 1. The summed E-state index contributed by atoms with van der Waals surface area (Å²) in [6.07, 6.45) is -22.4. The fraction of sp³-hybridized carbons (Fsp3) is 0.826. The first kappa shape index (κ1) is 63.0.